The van der Waals surface area contributed by atoms with Crippen molar-refractivity contribution in [1.29, 1.82) is 0 Å². The number of nitrogen functional groups attached to an aromatic ring is 1. The van der Waals surface area contributed by atoms with E-state index in [9.17, 15) is 18.0 Å². The maximum Gasteiger partial charge on any atom is 0.417 e. The van der Waals surface area contributed by atoms with E-state index < -0.39 is 17.5 Å². The number of ketones is 1. The summed E-state index contributed by atoms with van der Waals surface area (Å²) in [6, 6.07) is 11.8. The molecule has 110 valence electrons. The number of hydrogen-bond donors (Lipinski definition) is 1. The fourth-order valence-electron chi connectivity index (χ4n) is 2.11. The van der Waals surface area contributed by atoms with Crippen LogP contribution in [0.3, 0.4) is 0 Å². The number of carbonyl (C=O) groups is 1. The SMILES string of the molecule is Nc1cccc(CCC(=O)c2ccccc2C(F)(F)F)c1. The lowest BCUT2D eigenvalue weighted by atomic mass is 9.98. The van der Waals surface area contributed by atoms with Gasteiger partial charge in [-0.2, -0.15) is 13.2 Å². The highest BCUT2D eigenvalue weighted by molar-refractivity contribution is 5.97. The molecule has 0 unspecified atom stereocenters. The number of hydrogen-bond acceptors (Lipinski definition) is 2. The number of aryl methyl sites for hydroxylation is 1. The van der Waals surface area contributed by atoms with Gasteiger partial charge in [0.2, 0.25) is 0 Å². The molecule has 0 spiro atoms. The molecule has 0 atom stereocenters. The van der Waals surface area contributed by atoms with Crippen LogP contribution in [0.15, 0.2) is 48.5 Å². The van der Waals surface area contributed by atoms with E-state index in [4.69, 9.17) is 5.73 Å². The largest absolute Gasteiger partial charge is 0.417 e. The summed E-state index contributed by atoms with van der Waals surface area (Å²) < 4.78 is 38.6. The monoisotopic (exact) mass is 293 g/mol. The maximum absolute atomic E-state index is 12.9. The quantitative estimate of drug-likeness (QED) is 0.681. The van der Waals surface area contributed by atoms with Crippen LogP contribution in [-0.4, -0.2) is 5.78 Å². The van der Waals surface area contributed by atoms with E-state index in [1.807, 2.05) is 0 Å². The number of benzene rings is 2. The molecule has 2 aromatic rings. The first-order valence-corrected chi connectivity index (χ1v) is 6.42. The molecule has 2 N–H and O–H groups in total. The number of rotatable bonds is 4. The molecule has 21 heavy (non-hydrogen) atoms. The van der Waals surface area contributed by atoms with Crippen LogP contribution in [0, 0.1) is 0 Å². The molecule has 0 aromatic heterocycles. The normalized spacial score (nSPS) is 11.4. The Morgan fingerprint density at radius 2 is 1.76 bits per heavy atom. The highest BCUT2D eigenvalue weighted by Crippen LogP contribution is 2.32. The molecule has 0 aliphatic carbocycles. The van der Waals surface area contributed by atoms with Crippen molar-refractivity contribution in [2.75, 3.05) is 5.73 Å². The topological polar surface area (TPSA) is 43.1 Å². The molecule has 0 amide bonds. The Hall–Kier alpha value is -2.30. The lowest BCUT2D eigenvalue weighted by Gasteiger charge is -2.11. The average Bonchev–Trinajstić information content (AvgIpc) is 2.44. The number of anilines is 1. The molecule has 0 fully saturated rings. The second-order valence-corrected chi connectivity index (χ2v) is 4.71. The molecule has 0 aliphatic rings. The molecule has 0 saturated carbocycles. The predicted molar refractivity (Wildman–Crippen MR) is 74.9 cm³/mol. The third-order valence-electron chi connectivity index (χ3n) is 3.12. The second kappa shape index (κ2) is 5.99. The standard InChI is InChI=1S/C16H14F3NO/c17-16(18,19)14-7-2-1-6-13(14)15(21)9-8-11-4-3-5-12(20)10-11/h1-7,10H,8-9,20H2. The van der Waals surface area contributed by atoms with Crippen molar-refractivity contribution in [3.63, 3.8) is 0 Å². The Morgan fingerprint density at radius 3 is 2.43 bits per heavy atom. The van der Waals surface area contributed by atoms with E-state index in [1.165, 1.54) is 18.2 Å². The predicted octanol–water partition coefficient (Wildman–Crippen LogP) is 4.10. The molecule has 5 heteroatoms. The minimum atomic E-state index is -4.52. The first-order chi connectivity index (χ1) is 9.88. The maximum atomic E-state index is 12.9. The van der Waals surface area contributed by atoms with Crippen molar-refractivity contribution in [1.82, 2.24) is 0 Å². The number of alkyl halides is 3. The number of halogens is 3. The van der Waals surface area contributed by atoms with E-state index in [0.717, 1.165) is 11.6 Å². The summed E-state index contributed by atoms with van der Waals surface area (Å²) in [4.78, 5) is 12.0. The molecule has 0 radical (unpaired) electrons. The molecular formula is C16H14F3NO. The lowest BCUT2D eigenvalue weighted by Crippen LogP contribution is -2.13. The fourth-order valence-corrected chi connectivity index (χ4v) is 2.11. The number of Topliss-reactive ketones (excluding diaryl/α,β-unsaturated/α-hetero) is 1. The van der Waals surface area contributed by atoms with Crippen LogP contribution >= 0.6 is 0 Å². The van der Waals surface area contributed by atoms with Crippen LogP contribution in [0.1, 0.15) is 27.9 Å². The summed E-state index contributed by atoms with van der Waals surface area (Å²) in [6.45, 7) is 0. The minimum Gasteiger partial charge on any atom is -0.399 e. The van der Waals surface area contributed by atoms with Gasteiger partial charge in [-0.25, -0.2) is 0 Å². The van der Waals surface area contributed by atoms with Crippen molar-refractivity contribution in [2.24, 2.45) is 0 Å². The third-order valence-corrected chi connectivity index (χ3v) is 3.12. The van der Waals surface area contributed by atoms with Crippen LogP contribution in [0.5, 0.6) is 0 Å². The van der Waals surface area contributed by atoms with Gasteiger partial charge in [-0.05, 0) is 30.2 Å². The Bertz CT molecular complexity index is 650. The van der Waals surface area contributed by atoms with Gasteiger partial charge >= 0.3 is 6.18 Å². The number of carbonyl (C=O) groups excluding carboxylic acids is 1. The summed E-state index contributed by atoms with van der Waals surface area (Å²) in [5.41, 5.74) is 5.85. The van der Waals surface area contributed by atoms with E-state index in [-0.39, 0.29) is 12.0 Å². The fraction of sp³-hybridized carbons (Fsp3) is 0.188. The molecule has 2 nitrogen and oxygen atoms in total. The van der Waals surface area contributed by atoms with Gasteiger partial charge in [-0.3, -0.25) is 4.79 Å². The van der Waals surface area contributed by atoms with Crippen LogP contribution in [0.2, 0.25) is 0 Å². The van der Waals surface area contributed by atoms with Crippen LogP contribution in [0.25, 0.3) is 0 Å². The van der Waals surface area contributed by atoms with Crippen molar-refractivity contribution < 1.29 is 18.0 Å². The van der Waals surface area contributed by atoms with E-state index in [0.29, 0.717) is 12.1 Å². The van der Waals surface area contributed by atoms with Gasteiger partial charge in [-0.1, -0.05) is 30.3 Å². The first-order valence-electron chi connectivity index (χ1n) is 6.42. The molecule has 2 aromatic carbocycles. The van der Waals surface area contributed by atoms with Gasteiger partial charge in [0, 0.05) is 17.7 Å². The number of nitrogens with two attached hydrogens (primary N) is 1. The zero-order chi connectivity index (χ0) is 15.5. The summed E-state index contributed by atoms with van der Waals surface area (Å²) in [5.74, 6) is -0.523. The van der Waals surface area contributed by atoms with Crippen LogP contribution < -0.4 is 5.73 Å². The Morgan fingerprint density at radius 1 is 1.05 bits per heavy atom. The van der Waals surface area contributed by atoms with Gasteiger partial charge in [-0.15, -0.1) is 0 Å². The van der Waals surface area contributed by atoms with Gasteiger partial charge in [0.1, 0.15) is 0 Å². The van der Waals surface area contributed by atoms with E-state index in [1.54, 1.807) is 24.3 Å². The van der Waals surface area contributed by atoms with E-state index >= 15 is 0 Å². The van der Waals surface area contributed by atoms with Gasteiger partial charge in [0.25, 0.3) is 0 Å². The summed E-state index contributed by atoms with van der Waals surface area (Å²) >= 11 is 0. The van der Waals surface area contributed by atoms with Gasteiger partial charge in [0.05, 0.1) is 5.56 Å². The third kappa shape index (κ3) is 3.84. The summed E-state index contributed by atoms with van der Waals surface area (Å²) in [6.07, 6.45) is -4.16. The summed E-state index contributed by atoms with van der Waals surface area (Å²) in [5, 5.41) is 0. The van der Waals surface area contributed by atoms with Gasteiger partial charge < -0.3 is 5.73 Å². The Labute approximate surface area is 120 Å². The highest BCUT2D eigenvalue weighted by Gasteiger charge is 2.34. The molecular weight excluding hydrogens is 279 g/mol. The van der Waals surface area contributed by atoms with Crippen LogP contribution in [0.4, 0.5) is 18.9 Å². The highest BCUT2D eigenvalue weighted by atomic mass is 19.4. The average molecular weight is 293 g/mol. The smallest absolute Gasteiger partial charge is 0.399 e. The molecule has 0 aliphatic heterocycles. The Balaban J connectivity index is 2.14. The van der Waals surface area contributed by atoms with Crippen molar-refractivity contribution in [2.45, 2.75) is 19.0 Å². The minimum absolute atomic E-state index is 0.0105. The van der Waals surface area contributed by atoms with Crippen LogP contribution in [-0.2, 0) is 12.6 Å². The van der Waals surface area contributed by atoms with Crippen molar-refractivity contribution in [3.8, 4) is 0 Å². The molecule has 0 heterocycles. The molecule has 2 rings (SSSR count). The van der Waals surface area contributed by atoms with Crippen molar-refractivity contribution >= 4 is 11.5 Å². The Kier molecular flexibility index (Phi) is 4.31. The molecule has 0 bridgehead atoms. The zero-order valence-electron chi connectivity index (χ0n) is 11.2. The van der Waals surface area contributed by atoms with Gasteiger partial charge in [0.15, 0.2) is 5.78 Å². The van der Waals surface area contributed by atoms with Crippen molar-refractivity contribution in [3.05, 3.63) is 65.2 Å². The summed E-state index contributed by atoms with van der Waals surface area (Å²) in [7, 11) is 0. The van der Waals surface area contributed by atoms with E-state index in [2.05, 4.69) is 0 Å². The molecule has 0 saturated heterocycles. The second-order valence-electron chi connectivity index (χ2n) is 4.71. The zero-order valence-corrected chi connectivity index (χ0v) is 11.2. The first kappa shape index (κ1) is 15.1. The lowest BCUT2D eigenvalue weighted by molar-refractivity contribution is -0.137.